The fraction of sp³-hybridized carbons (Fsp3) is 0.950. The molecule has 4 unspecified atom stereocenters. The molecule has 21 heavy (non-hydrogen) atoms. The second kappa shape index (κ2) is 4.62. The maximum atomic E-state index is 2.84. The largest absolute Gasteiger partial charge is 0.264 e. The van der Waals surface area contributed by atoms with Gasteiger partial charge in [0.1, 0.15) is 11.8 Å². The van der Waals surface area contributed by atoms with Crippen LogP contribution < -0.4 is 0 Å². The summed E-state index contributed by atoms with van der Waals surface area (Å²) in [5.74, 6) is 9.75. The van der Waals surface area contributed by atoms with Crippen LogP contribution in [0.2, 0.25) is 0 Å². The molecule has 0 aromatic carbocycles. The quantitative estimate of drug-likeness (QED) is 0.417. The molecule has 0 spiro atoms. The third-order valence-corrected chi connectivity index (χ3v) is 18.1. The summed E-state index contributed by atoms with van der Waals surface area (Å²) >= 11 is 0. The number of hydrogen-bond acceptors (Lipinski definition) is 0. The zero-order chi connectivity index (χ0) is 16.2. The van der Waals surface area contributed by atoms with Crippen LogP contribution in [0.25, 0.3) is 0 Å². The predicted octanol–water partition coefficient (Wildman–Crippen LogP) is 5.99. The molecule has 0 amide bonds. The molecule has 0 aromatic heterocycles. The van der Waals surface area contributed by atoms with Crippen molar-refractivity contribution >= 4 is 8.29 Å². The van der Waals surface area contributed by atoms with Crippen molar-refractivity contribution in [3.05, 3.63) is 5.92 Å². The average molecular weight is 314 g/mol. The summed E-state index contributed by atoms with van der Waals surface area (Å²) in [5.41, 5.74) is 0.584. The van der Waals surface area contributed by atoms with Gasteiger partial charge in [-0.1, -0.05) is 40.5 Å². The van der Waals surface area contributed by atoms with E-state index in [9.17, 15) is 0 Å². The first-order valence-corrected chi connectivity index (χ1v) is 13.0. The third kappa shape index (κ3) is 2.28. The van der Waals surface area contributed by atoms with Gasteiger partial charge in [-0.15, -0.1) is 0 Å². The lowest BCUT2D eigenvalue weighted by Crippen LogP contribution is -2.48. The van der Waals surface area contributed by atoms with E-state index in [1.807, 2.05) is 0 Å². The second-order valence-corrected chi connectivity index (χ2v) is 18.6. The summed E-state index contributed by atoms with van der Waals surface area (Å²) in [6, 6.07) is 0. The maximum absolute atomic E-state index is 2.84. The lowest BCUT2D eigenvalue weighted by molar-refractivity contribution is 0.322. The molecule has 0 saturated carbocycles. The predicted molar refractivity (Wildman–Crippen MR) is 103 cm³/mol. The van der Waals surface area contributed by atoms with Crippen molar-refractivity contribution in [1.82, 2.24) is 0 Å². The molecular weight excluding hydrogens is 272 g/mol. The Morgan fingerprint density at radius 3 is 2.24 bits per heavy atom. The van der Waals surface area contributed by atoms with Crippen LogP contribution in [0.3, 0.4) is 0 Å². The van der Waals surface area contributed by atoms with Gasteiger partial charge in [-0.05, 0) is 49.2 Å². The molecule has 0 aliphatic carbocycles. The fourth-order valence-electron chi connectivity index (χ4n) is 6.50. The Labute approximate surface area is 134 Å². The van der Waals surface area contributed by atoms with Crippen molar-refractivity contribution in [1.29, 1.82) is 0 Å². The van der Waals surface area contributed by atoms with E-state index in [0.717, 1.165) is 17.1 Å². The molecule has 0 N–H and O–H groups in total. The van der Waals surface area contributed by atoms with Crippen LogP contribution in [0.15, 0.2) is 0 Å². The molecule has 2 rings (SSSR count). The Kier molecular flexibility index (Phi) is 3.86. The molecule has 2 aliphatic heterocycles. The topological polar surface area (TPSA) is 0 Å². The van der Waals surface area contributed by atoms with Gasteiger partial charge in [0.2, 0.25) is 0 Å². The van der Waals surface area contributed by atoms with Gasteiger partial charge >= 0.3 is 0 Å². The van der Waals surface area contributed by atoms with Crippen LogP contribution in [-0.4, -0.2) is 34.5 Å². The van der Waals surface area contributed by atoms with E-state index in [-0.39, 0.29) is 0 Å². The van der Waals surface area contributed by atoms with Crippen LogP contribution in [0.4, 0.5) is 0 Å². The summed E-state index contributed by atoms with van der Waals surface area (Å²) in [5, 5.41) is 1.05. The normalized spacial score (nSPS) is 41.7. The molecule has 0 aromatic rings. The zero-order valence-electron chi connectivity index (χ0n) is 16.1. The van der Waals surface area contributed by atoms with Crippen molar-refractivity contribution < 1.29 is 0 Å². The van der Waals surface area contributed by atoms with Crippen LogP contribution in [0.1, 0.15) is 67.7 Å². The SMILES string of the molecule is CCCC(C)(CC)CS12(C)(CC)CC(C)[C+](C)C(C)C1C2. The van der Waals surface area contributed by atoms with Gasteiger partial charge in [-0.2, -0.15) is 0 Å². The molecule has 0 bridgehead atoms. The van der Waals surface area contributed by atoms with Crippen LogP contribution in [-0.2, 0) is 0 Å². The van der Waals surface area contributed by atoms with Crippen molar-refractivity contribution in [2.75, 3.05) is 29.3 Å². The number of fused-ring (bicyclic) bond motifs is 1. The van der Waals surface area contributed by atoms with E-state index in [2.05, 4.69) is 54.7 Å². The van der Waals surface area contributed by atoms with E-state index in [1.54, 1.807) is 23.2 Å². The van der Waals surface area contributed by atoms with Gasteiger partial charge in [-0.25, -0.2) is 0 Å². The molecule has 126 valence electrons. The van der Waals surface area contributed by atoms with Crippen molar-refractivity contribution in [2.24, 2.45) is 17.3 Å². The molecule has 2 heterocycles. The smallest absolute Gasteiger partial charge is 0.107 e. The highest BCUT2D eigenvalue weighted by Gasteiger charge is 2.81. The van der Waals surface area contributed by atoms with Gasteiger partial charge in [0.15, 0.2) is 0 Å². The van der Waals surface area contributed by atoms with Gasteiger partial charge in [0.05, 0.1) is 12.8 Å². The van der Waals surface area contributed by atoms with E-state index in [0.29, 0.717) is 5.41 Å². The lowest BCUT2D eigenvalue weighted by Gasteiger charge is -2.68. The molecule has 0 radical (unpaired) electrons. The van der Waals surface area contributed by atoms with Crippen molar-refractivity contribution in [3.8, 4) is 0 Å². The molecule has 4 atom stereocenters. The van der Waals surface area contributed by atoms with Crippen molar-refractivity contribution in [3.63, 3.8) is 0 Å². The average Bonchev–Trinajstić information content (AvgIpc) is 3.01. The standard InChI is InChI=1S/C20H41S/c1-9-12-20(7,10-2)15-21(8,11-3)13-16(4)17(5)18(6)19(21)14-21/h16,18-19H,9-15H2,1-8H3/q+1. The fourth-order valence-corrected chi connectivity index (χ4v) is 18.0. The number of rotatable bonds is 6. The summed E-state index contributed by atoms with van der Waals surface area (Å²) in [7, 11) is -1.81. The maximum Gasteiger partial charge on any atom is 0.107 e. The summed E-state index contributed by atoms with van der Waals surface area (Å²) in [6.07, 6.45) is 6.98. The van der Waals surface area contributed by atoms with Gasteiger partial charge in [0, 0.05) is 11.0 Å². The minimum atomic E-state index is -1.81. The Hall–Kier alpha value is 0.220. The van der Waals surface area contributed by atoms with E-state index < -0.39 is 8.29 Å². The number of hydrogen-bond donors (Lipinski definition) is 0. The van der Waals surface area contributed by atoms with Gasteiger partial charge in [-0.3, -0.25) is 8.29 Å². The second-order valence-electron chi connectivity index (χ2n) is 9.93. The van der Waals surface area contributed by atoms with Gasteiger partial charge in [0.25, 0.3) is 0 Å². The molecule has 2 aliphatic rings. The molecular formula is C20H41S+. The molecule has 1 heteroatoms. The Morgan fingerprint density at radius 1 is 1.14 bits per heavy atom. The monoisotopic (exact) mass is 313 g/mol. The van der Waals surface area contributed by atoms with Crippen LogP contribution in [0, 0.1) is 23.2 Å². The first-order chi connectivity index (χ1) is 9.53. The minimum absolute atomic E-state index is 0.584. The summed E-state index contributed by atoms with van der Waals surface area (Å²) in [6.45, 7) is 17.5. The van der Waals surface area contributed by atoms with Crippen LogP contribution in [0.5, 0.6) is 0 Å². The highest BCUT2D eigenvalue weighted by molar-refractivity contribution is 8.69. The molecule has 0 nitrogen and oxygen atoms in total. The Balaban J connectivity index is 2.41. The highest BCUT2D eigenvalue weighted by atomic mass is 32.4. The van der Waals surface area contributed by atoms with E-state index in [1.165, 1.54) is 25.0 Å². The highest BCUT2D eigenvalue weighted by Crippen LogP contribution is 3.05. The van der Waals surface area contributed by atoms with Crippen molar-refractivity contribution in [2.45, 2.75) is 73.0 Å². The Morgan fingerprint density at radius 2 is 1.76 bits per heavy atom. The molecule has 2 fully saturated rings. The van der Waals surface area contributed by atoms with Gasteiger partial charge < -0.3 is 0 Å². The van der Waals surface area contributed by atoms with E-state index >= 15 is 0 Å². The van der Waals surface area contributed by atoms with E-state index in [4.69, 9.17) is 0 Å². The first-order valence-electron chi connectivity index (χ1n) is 9.36. The summed E-state index contributed by atoms with van der Waals surface area (Å²) < 4.78 is 0. The Bertz CT molecular complexity index is 432. The third-order valence-electron chi connectivity index (χ3n) is 8.40. The van der Waals surface area contributed by atoms with Crippen LogP contribution >= 0.6 is 8.29 Å². The lowest BCUT2D eigenvalue weighted by atomic mass is 9.84. The first kappa shape index (κ1) is 17.6. The zero-order valence-corrected chi connectivity index (χ0v) is 16.9. The minimum Gasteiger partial charge on any atom is -0.264 e. The summed E-state index contributed by atoms with van der Waals surface area (Å²) in [4.78, 5) is 0. The molecule has 2 saturated heterocycles.